The minimum absolute atomic E-state index is 0.0257. The largest absolute Gasteiger partial charge is 0.497 e. The van der Waals surface area contributed by atoms with Crippen molar-refractivity contribution in [1.29, 1.82) is 0 Å². The molecule has 6 nitrogen and oxygen atoms in total. The maximum absolute atomic E-state index is 13.2. The maximum atomic E-state index is 13.2. The molecule has 2 heterocycles. The molecule has 2 amide bonds. The van der Waals surface area contributed by atoms with Gasteiger partial charge in [-0.15, -0.1) is 0 Å². The fraction of sp³-hybridized carbons (Fsp3) is 0.174. The Balaban J connectivity index is 1.48. The van der Waals surface area contributed by atoms with Crippen molar-refractivity contribution >= 4 is 35.0 Å². The second-order valence-electron chi connectivity index (χ2n) is 7.23. The van der Waals surface area contributed by atoms with Crippen LogP contribution >= 0.6 is 11.8 Å². The van der Waals surface area contributed by atoms with Crippen LogP contribution in [0.3, 0.4) is 0 Å². The molecule has 0 spiro atoms. The molecule has 1 N–H and O–H groups in total. The molecule has 1 fully saturated rings. The number of methoxy groups -OCH3 is 1. The van der Waals surface area contributed by atoms with Crippen LogP contribution in [0.4, 0.5) is 11.4 Å². The number of hydrogen-bond acceptors (Lipinski definition) is 5. The number of fused-ring (bicyclic) bond motifs is 2. The Bertz CT molecular complexity index is 1140. The number of nitrogens with zero attached hydrogens (tertiary/aromatic N) is 2. The normalized spacial score (nSPS) is 15.1. The molecule has 0 bridgehead atoms. The summed E-state index contributed by atoms with van der Waals surface area (Å²) in [6.45, 7) is 0. The highest BCUT2D eigenvalue weighted by molar-refractivity contribution is 7.99. The van der Waals surface area contributed by atoms with Crippen molar-refractivity contribution in [2.75, 3.05) is 17.3 Å². The number of ether oxygens (including phenoxy) is 1. The topological polar surface area (TPSA) is 71.5 Å². The summed E-state index contributed by atoms with van der Waals surface area (Å²) < 4.78 is 5.15. The van der Waals surface area contributed by atoms with E-state index in [1.807, 2.05) is 23.1 Å². The number of benzene rings is 2. The lowest BCUT2D eigenvalue weighted by Crippen LogP contribution is -2.33. The summed E-state index contributed by atoms with van der Waals surface area (Å²) in [6, 6.07) is 16.5. The SMILES string of the molecule is COc1ccc(NC(=O)c2ccc3c(c2)Sc2ncccc2C(=O)N3C2CC2)cc1. The van der Waals surface area contributed by atoms with Crippen LogP contribution in [0.2, 0.25) is 0 Å². The molecule has 0 unspecified atom stereocenters. The van der Waals surface area contributed by atoms with E-state index < -0.39 is 0 Å². The third kappa shape index (κ3) is 3.41. The first kappa shape index (κ1) is 18.7. The lowest BCUT2D eigenvalue weighted by Gasteiger charge is -2.22. The predicted octanol–water partition coefficient (Wildman–Crippen LogP) is 4.62. The third-order valence-electron chi connectivity index (χ3n) is 5.17. The van der Waals surface area contributed by atoms with E-state index in [0.29, 0.717) is 21.8 Å². The average Bonchev–Trinajstić information content (AvgIpc) is 3.61. The van der Waals surface area contributed by atoms with Gasteiger partial charge in [0.25, 0.3) is 11.8 Å². The Kier molecular flexibility index (Phi) is 4.67. The number of carbonyl (C=O) groups excluding carboxylic acids is 2. The highest BCUT2D eigenvalue weighted by Crippen LogP contribution is 2.44. The minimum Gasteiger partial charge on any atom is -0.497 e. The van der Waals surface area contributed by atoms with E-state index in [1.165, 1.54) is 11.8 Å². The maximum Gasteiger partial charge on any atom is 0.261 e. The zero-order valence-electron chi connectivity index (χ0n) is 16.3. The molecule has 0 atom stereocenters. The summed E-state index contributed by atoms with van der Waals surface area (Å²) in [4.78, 5) is 33.1. The van der Waals surface area contributed by atoms with Crippen LogP contribution in [0.5, 0.6) is 5.75 Å². The molecule has 0 radical (unpaired) electrons. The van der Waals surface area contributed by atoms with Crippen LogP contribution in [0.15, 0.2) is 70.7 Å². The second-order valence-corrected chi connectivity index (χ2v) is 8.26. The van der Waals surface area contributed by atoms with Crippen LogP contribution in [-0.2, 0) is 0 Å². The molecule has 7 heteroatoms. The smallest absolute Gasteiger partial charge is 0.261 e. The van der Waals surface area contributed by atoms with E-state index in [0.717, 1.165) is 29.2 Å². The highest BCUT2D eigenvalue weighted by atomic mass is 32.2. The third-order valence-corrected chi connectivity index (χ3v) is 6.23. The van der Waals surface area contributed by atoms with Gasteiger partial charge in [0.1, 0.15) is 10.8 Å². The predicted molar refractivity (Wildman–Crippen MR) is 116 cm³/mol. The Hall–Kier alpha value is -3.32. The van der Waals surface area contributed by atoms with E-state index in [4.69, 9.17) is 4.74 Å². The Morgan fingerprint density at radius 2 is 1.97 bits per heavy atom. The standard InChI is InChI=1S/C23H19N3O3S/c1-29-17-9-5-15(6-10-17)25-21(27)14-4-11-19-20(13-14)30-22-18(3-2-12-24-22)23(28)26(19)16-7-8-16/h2-6,9-13,16H,7-8H2,1H3,(H,25,27). The number of anilines is 2. The summed E-state index contributed by atoms with van der Waals surface area (Å²) >= 11 is 1.43. The van der Waals surface area contributed by atoms with Gasteiger partial charge in [-0.3, -0.25) is 9.59 Å². The minimum atomic E-state index is -0.210. The molecule has 150 valence electrons. The molecule has 1 saturated carbocycles. The number of rotatable bonds is 4. The van der Waals surface area contributed by atoms with Gasteiger partial charge in [0.2, 0.25) is 0 Å². The van der Waals surface area contributed by atoms with Crippen molar-refractivity contribution in [3.05, 3.63) is 71.9 Å². The molecule has 30 heavy (non-hydrogen) atoms. The summed E-state index contributed by atoms with van der Waals surface area (Å²) in [6.07, 6.45) is 3.67. The fourth-order valence-corrected chi connectivity index (χ4v) is 4.53. The van der Waals surface area contributed by atoms with Crippen LogP contribution < -0.4 is 15.0 Å². The van der Waals surface area contributed by atoms with Gasteiger partial charge >= 0.3 is 0 Å². The molecule has 2 aliphatic rings. The number of hydrogen-bond donors (Lipinski definition) is 1. The molecular formula is C23H19N3O3S. The average molecular weight is 417 g/mol. The lowest BCUT2D eigenvalue weighted by atomic mass is 10.1. The van der Waals surface area contributed by atoms with Gasteiger partial charge < -0.3 is 15.0 Å². The zero-order chi connectivity index (χ0) is 20.7. The van der Waals surface area contributed by atoms with Gasteiger partial charge in [-0.05, 0) is 67.4 Å². The van der Waals surface area contributed by atoms with E-state index in [9.17, 15) is 9.59 Å². The lowest BCUT2D eigenvalue weighted by molar-refractivity contribution is 0.0981. The monoisotopic (exact) mass is 417 g/mol. The molecule has 5 rings (SSSR count). The van der Waals surface area contributed by atoms with Crippen LogP contribution in [-0.4, -0.2) is 29.9 Å². The van der Waals surface area contributed by atoms with E-state index in [1.54, 1.807) is 49.7 Å². The molecule has 2 aromatic carbocycles. The van der Waals surface area contributed by atoms with Crippen molar-refractivity contribution < 1.29 is 14.3 Å². The Morgan fingerprint density at radius 1 is 1.17 bits per heavy atom. The first-order valence-electron chi connectivity index (χ1n) is 9.70. The van der Waals surface area contributed by atoms with Gasteiger partial charge in [0, 0.05) is 28.4 Å². The quantitative estimate of drug-likeness (QED) is 0.671. The molecular weight excluding hydrogens is 398 g/mol. The zero-order valence-corrected chi connectivity index (χ0v) is 17.1. The van der Waals surface area contributed by atoms with Crippen molar-refractivity contribution in [1.82, 2.24) is 4.98 Å². The first-order valence-corrected chi connectivity index (χ1v) is 10.5. The summed E-state index contributed by atoms with van der Waals surface area (Å²) in [5, 5.41) is 3.57. The van der Waals surface area contributed by atoms with Crippen molar-refractivity contribution in [3.8, 4) is 5.75 Å². The van der Waals surface area contributed by atoms with Crippen molar-refractivity contribution in [2.45, 2.75) is 28.8 Å². The van der Waals surface area contributed by atoms with E-state index in [2.05, 4.69) is 10.3 Å². The van der Waals surface area contributed by atoms with Crippen LogP contribution in [0.25, 0.3) is 0 Å². The fourth-order valence-electron chi connectivity index (χ4n) is 3.49. The first-order chi connectivity index (χ1) is 14.6. The molecule has 0 saturated heterocycles. The number of pyridine rings is 1. The van der Waals surface area contributed by atoms with Crippen molar-refractivity contribution in [2.24, 2.45) is 0 Å². The summed E-state index contributed by atoms with van der Waals surface area (Å²) in [7, 11) is 1.60. The number of aromatic nitrogens is 1. The van der Waals surface area contributed by atoms with E-state index in [-0.39, 0.29) is 17.9 Å². The van der Waals surface area contributed by atoms with Gasteiger partial charge in [-0.1, -0.05) is 11.8 Å². The Morgan fingerprint density at radius 3 is 2.70 bits per heavy atom. The number of nitrogens with one attached hydrogen (secondary N) is 1. The van der Waals surface area contributed by atoms with Gasteiger partial charge in [-0.25, -0.2) is 4.98 Å². The molecule has 3 aromatic rings. The Labute approximate surface area is 178 Å². The summed E-state index contributed by atoms with van der Waals surface area (Å²) in [5.74, 6) is 0.492. The summed E-state index contributed by atoms with van der Waals surface area (Å²) in [5.41, 5.74) is 2.66. The van der Waals surface area contributed by atoms with Gasteiger partial charge in [0.05, 0.1) is 18.4 Å². The van der Waals surface area contributed by atoms with Crippen molar-refractivity contribution in [3.63, 3.8) is 0 Å². The van der Waals surface area contributed by atoms with Gasteiger partial charge in [-0.2, -0.15) is 0 Å². The van der Waals surface area contributed by atoms with Crippen LogP contribution in [0.1, 0.15) is 33.6 Å². The molecule has 1 aliphatic carbocycles. The molecule has 1 aromatic heterocycles. The van der Waals surface area contributed by atoms with Gasteiger partial charge in [0.15, 0.2) is 0 Å². The van der Waals surface area contributed by atoms with Crippen LogP contribution in [0, 0.1) is 0 Å². The number of carbonyl (C=O) groups is 2. The van der Waals surface area contributed by atoms with E-state index >= 15 is 0 Å². The highest BCUT2D eigenvalue weighted by Gasteiger charge is 2.38. The second kappa shape index (κ2) is 7.50. The molecule has 1 aliphatic heterocycles. The number of amides is 2.